The highest BCUT2D eigenvalue weighted by atomic mass is 19.4. The van der Waals surface area contributed by atoms with Gasteiger partial charge < -0.3 is 15.7 Å². The fraction of sp³-hybridized carbons (Fsp3) is 0.600. The number of amides is 2. The van der Waals surface area contributed by atoms with Crippen LogP contribution in [0.1, 0.15) is 12.5 Å². The molecule has 2 amide bonds. The Hall–Kier alpha value is -1.77. The highest BCUT2D eigenvalue weighted by Gasteiger charge is 2.29. The molecule has 0 bridgehead atoms. The molecule has 1 aromatic rings. The number of nitrogens with one attached hydrogen (secondary N) is 2. The topological polar surface area (TPSA) is 79.2 Å². The van der Waals surface area contributed by atoms with E-state index in [1.165, 1.54) is 17.8 Å². The molecular weight excluding hydrogens is 265 g/mol. The molecule has 0 fully saturated rings. The van der Waals surface area contributed by atoms with Gasteiger partial charge in [-0.05, 0) is 6.92 Å². The molecule has 1 atom stereocenters. The average molecular weight is 280 g/mol. The third-order valence-electron chi connectivity index (χ3n) is 2.37. The number of aliphatic hydroxyl groups is 1. The van der Waals surface area contributed by atoms with Gasteiger partial charge in [-0.2, -0.15) is 18.3 Å². The minimum absolute atomic E-state index is 0.234. The number of carbonyl (C=O) groups excluding carboxylic acids is 1. The van der Waals surface area contributed by atoms with Crippen LogP contribution in [0.25, 0.3) is 0 Å². The van der Waals surface area contributed by atoms with Crippen LogP contribution in [-0.4, -0.2) is 40.2 Å². The van der Waals surface area contributed by atoms with Crippen LogP contribution in [0.3, 0.4) is 0 Å². The number of alkyl halides is 3. The summed E-state index contributed by atoms with van der Waals surface area (Å²) in [5, 5.41) is 17.7. The molecule has 3 N–H and O–H groups in total. The smallest absolute Gasteiger partial charge is 0.383 e. The van der Waals surface area contributed by atoms with Gasteiger partial charge in [0.2, 0.25) is 0 Å². The molecule has 0 aromatic carbocycles. The van der Waals surface area contributed by atoms with Crippen molar-refractivity contribution in [3.8, 4) is 0 Å². The Kier molecular flexibility index (Phi) is 4.40. The second kappa shape index (κ2) is 5.47. The van der Waals surface area contributed by atoms with E-state index < -0.39 is 24.4 Å². The number of nitrogens with zero attached hydrogens (tertiary/aromatic N) is 2. The minimum Gasteiger partial charge on any atom is -0.383 e. The van der Waals surface area contributed by atoms with E-state index in [9.17, 15) is 23.1 Å². The van der Waals surface area contributed by atoms with Gasteiger partial charge >= 0.3 is 12.2 Å². The molecule has 0 radical (unpaired) electrons. The van der Waals surface area contributed by atoms with Gasteiger partial charge in [0.1, 0.15) is 12.1 Å². The van der Waals surface area contributed by atoms with Crippen molar-refractivity contribution in [2.45, 2.75) is 18.7 Å². The van der Waals surface area contributed by atoms with Crippen molar-refractivity contribution in [1.82, 2.24) is 20.4 Å². The van der Waals surface area contributed by atoms with E-state index in [-0.39, 0.29) is 6.54 Å². The molecule has 9 heteroatoms. The fourth-order valence-corrected chi connectivity index (χ4v) is 1.30. The molecule has 6 nitrogen and oxygen atoms in total. The van der Waals surface area contributed by atoms with Crippen molar-refractivity contribution in [3.63, 3.8) is 0 Å². The van der Waals surface area contributed by atoms with Gasteiger partial charge in [-0.25, -0.2) is 4.79 Å². The quantitative estimate of drug-likeness (QED) is 0.751. The largest absolute Gasteiger partial charge is 0.405 e. The number of aromatic nitrogens is 2. The number of aryl methyl sites for hydroxylation is 1. The molecule has 1 aromatic heterocycles. The summed E-state index contributed by atoms with van der Waals surface area (Å²) >= 11 is 0. The van der Waals surface area contributed by atoms with Gasteiger partial charge in [-0.15, -0.1) is 0 Å². The molecule has 108 valence electrons. The molecule has 1 heterocycles. The zero-order chi connectivity index (χ0) is 14.7. The molecular formula is C10H15F3N4O2. The zero-order valence-electron chi connectivity index (χ0n) is 10.5. The van der Waals surface area contributed by atoms with E-state index in [4.69, 9.17) is 0 Å². The number of carbonyl (C=O) groups is 1. The maximum Gasteiger partial charge on any atom is 0.405 e. The highest BCUT2D eigenvalue weighted by molar-refractivity contribution is 5.73. The lowest BCUT2D eigenvalue weighted by atomic mass is 10.00. The molecule has 1 unspecified atom stereocenters. The first-order valence-corrected chi connectivity index (χ1v) is 5.40. The first-order chi connectivity index (χ1) is 8.60. The molecule has 1 rings (SSSR count). The average Bonchev–Trinajstić information content (AvgIpc) is 2.70. The third-order valence-corrected chi connectivity index (χ3v) is 2.37. The van der Waals surface area contributed by atoms with Gasteiger partial charge in [0.15, 0.2) is 0 Å². The van der Waals surface area contributed by atoms with Crippen molar-refractivity contribution >= 4 is 6.03 Å². The monoisotopic (exact) mass is 280 g/mol. The molecule has 19 heavy (non-hydrogen) atoms. The van der Waals surface area contributed by atoms with Crippen molar-refractivity contribution in [2.75, 3.05) is 13.1 Å². The van der Waals surface area contributed by atoms with Crippen LogP contribution in [0.15, 0.2) is 12.4 Å². The summed E-state index contributed by atoms with van der Waals surface area (Å²) in [6, 6.07) is -0.999. The van der Waals surface area contributed by atoms with E-state index >= 15 is 0 Å². The SMILES string of the molecule is Cn1cc(C(C)(O)CNC(=O)NCC(F)(F)F)cn1. The van der Waals surface area contributed by atoms with Crippen molar-refractivity contribution < 1.29 is 23.1 Å². The lowest BCUT2D eigenvalue weighted by molar-refractivity contribution is -0.122. The number of halogens is 3. The summed E-state index contributed by atoms with van der Waals surface area (Å²) < 4.78 is 37.0. The van der Waals surface area contributed by atoms with E-state index in [1.54, 1.807) is 18.6 Å². The fourth-order valence-electron chi connectivity index (χ4n) is 1.30. The predicted octanol–water partition coefficient (Wildman–Crippen LogP) is 0.489. The number of hydrogen-bond acceptors (Lipinski definition) is 3. The van der Waals surface area contributed by atoms with Crippen LogP contribution in [0, 0.1) is 0 Å². The first-order valence-electron chi connectivity index (χ1n) is 5.40. The van der Waals surface area contributed by atoms with Crippen molar-refractivity contribution in [1.29, 1.82) is 0 Å². The van der Waals surface area contributed by atoms with Gasteiger partial charge in [0.25, 0.3) is 0 Å². The van der Waals surface area contributed by atoms with Crippen molar-refractivity contribution in [3.05, 3.63) is 18.0 Å². The normalized spacial score (nSPS) is 14.8. The standard InChI is InChI=1S/C10H15F3N4O2/c1-9(19,7-3-16-17(2)4-7)5-14-8(18)15-6-10(11,12)13/h3-4,19H,5-6H2,1-2H3,(H2,14,15,18). The van der Waals surface area contributed by atoms with Crippen molar-refractivity contribution in [2.24, 2.45) is 7.05 Å². The van der Waals surface area contributed by atoms with E-state index in [2.05, 4.69) is 10.4 Å². The second-order valence-electron chi connectivity index (χ2n) is 4.33. The molecule has 0 aliphatic heterocycles. The Morgan fingerprint density at radius 3 is 2.47 bits per heavy atom. The van der Waals surface area contributed by atoms with E-state index in [1.807, 2.05) is 0 Å². The zero-order valence-corrected chi connectivity index (χ0v) is 10.5. The van der Waals surface area contributed by atoms with Crippen LogP contribution in [0.5, 0.6) is 0 Å². The lowest BCUT2D eigenvalue weighted by Gasteiger charge is -2.22. The molecule has 0 spiro atoms. The second-order valence-corrected chi connectivity index (χ2v) is 4.33. The summed E-state index contributed by atoms with van der Waals surface area (Å²) in [6.07, 6.45) is -1.51. The van der Waals surface area contributed by atoms with Crippen LogP contribution in [-0.2, 0) is 12.6 Å². The van der Waals surface area contributed by atoms with Crippen LogP contribution in [0.4, 0.5) is 18.0 Å². The predicted molar refractivity (Wildman–Crippen MR) is 60.2 cm³/mol. The molecule has 0 aliphatic rings. The minimum atomic E-state index is -4.47. The van der Waals surface area contributed by atoms with Gasteiger partial charge in [0.05, 0.1) is 12.7 Å². The highest BCUT2D eigenvalue weighted by Crippen LogP contribution is 2.18. The number of hydrogen-bond donors (Lipinski definition) is 3. The maximum atomic E-state index is 11.9. The van der Waals surface area contributed by atoms with Crippen LogP contribution >= 0.6 is 0 Å². The van der Waals surface area contributed by atoms with Crippen LogP contribution in [0.2, 0.25) is 0 Å². The Morgan fingerprint density at radius 1 is 1.42 bits per heavy atom. The molecule has 0 saturated carbocycles. The van der Waals surface area contributed by atoms with E-state index in [0.717, 1.165) is 0 Å². The Balaban J connectivity index is 2.45. The van der Waals surface area contributed by atoms with Gasteiger partial charge in [-0.3, -0.25) is 4.68 Å². The van der Waals surface area contributed by atoms with Gasteiger partial charge in [0, 0.05) is 18.8 Å². The number of rotatable bonds is 4. The summed E-state index contributed by atoms with van der Waals surface area (Å²) in [5.41, 5.74) is -0.963. The lowest BCUT2D eigenvalue weighted by Crippen LogP contribution is -2.45. The summed E-state index contributed by atoms with van der Waals surface area (Å²) in [7, 11) is 1.66. The Morgan fingerprint density at radius 2 is 2.00 bits per heavy atom. The maximum absolute atomic E-state index is 11.9. The summed E-state index contributed by atoms with van der Waals surface area (Å²) in [6.45, 7) is -0.232. The van der Waals surface area contributed by atoms with E-state index in [0.29, 0.717) is 5.56 Å². The third kappa shape index (κ3) is 5.16. The van der Waals surface area contributed by atoms with Gasteiger partial charge in [-0.1, -0.05) is 0 Å². The Bertz CT molecular complexity index is 442. The molecule has 0 aliphatic carbocycles. The van der Waals surface area contributed by atoms with Crippen LogP contribution < -0.4 is 10.6 Å². The Labute approximate surface area is 107 Å². The number of urea groups is 1. The summed E-state index contributed by atoms with van der Waals surface area (Å²) in [5.74, 6) is 0. The molecule has 0 saturated heterocycles. The first kappa shape index (κ1) is 15.3. The summed E-state index contributed by atoms with van der Waals surface area (Å²) in [4.78, 5) is 11.1.